The van der Waals surface area contributed by atoms with Gasteiger partial charge < -0.3 is 5.11 Å². The Bertz CT molecular complexity index is 356. The van der Waals surface area contributed by atoms with Crippen molar-refractivity contribution in [3.63, 3.8) is 0 Å². The van der Waals surface area contributed by atoms with Gasteiger partial charge in [0.2, 0.25) is 0 Å². The standard InChI is InChI=1S/C10H9ClO2/c1-7(12)5-10(13)8-3-2-4-9(11)6-8/h2-6,13H,1H3. The summed E-state index contributed by atoms with van der Waals surface area (Å²) in [6.07, 6.45) is 1.16. The summed E-state index contributed by atoms with van der Waals surface area (Å²) in [4.78, 5) is 10.6. The van der Waals surface area contributed by atoms with Crippen LogP contribution in [-0.4, -0.2) is 10.9 Å². The molecule has 0 bridgehead atoms. The number of carbonyl (C=O) groups is 1. The first-order chi connectivity index (χ1) is 6.09. The van der Waals surface area contributed by atoms with Crippen molar-refractivity contribution < 1.29 is 9.90 Å². The topological polar surface area (TPSA) is 37.3 Å². The number of rotatable bonds is 2. The molecule has 1 aromatic rings. The van der Waals surface area contributed by atoms with E-state index in [-0.39, 0.29) is 11.5 Å². The van der Waals surface area contributed by atoms with Gasteiger partial charge in [-0.15, -0.1) is 0 Å². The highest BCUT2D eigenvalue weighted by Crippen LogP contribution is 2.16. The second-order valence-corrected chi connectivity index (χ2v) is 3.09. The van der Waals surface area contributed by atoms with E-state index in [1.165, 1.54) is 6.92 Å². The van der Waals surface area contributed by atoms with Crippen LogP contribution < -0.4 is 0 Å². The average Bonchev–Trinajstić information content (AvgIpc) is 2.03. The molecule has 0 saturated heterocycles. The van der Waals surface area contributed by atoms with E-state index in [1.807, 2.05) is 0 Å². The number of halogens is 1. The Hall–Kier alpha value is -1.28. The van der Waals surface area contributed by atoms with E-state index >= 15 is 0 Å². The smallest absolute Gasteiger partial charge is 0.156 e. The molecule has 3 heteroatoms. The summed E-state index contributed by atoms with van der Waals surface area (Å²) in [6.45, 7) is 1.38. The van der Waals surface area contributed by atoms with Crippen molar-refractivity contribution in [1.29, 1.82) is 0 Å². The van der Waals surface area contributed by atoms with Gasteiger partial charge in [-0.25, -0.2) is 0 Å². The molecule has 1 rings (SSSR count). The summed E-state index contributed by atoms with van der Waals surface area (Å²) in [5, 5.41) is 9.93. The summed E-state index contributed by atoms with van der Waals surface area (Å²) in [5.41, 5.74) is 0.544. The maximum Gasteiger partial charge on any atom is 0.156 e. The van der Waals surface area contributed by atoms with Crippen molar-refractivity contribution in [2.24, 2.45) is 0 Å². The molecule has 2 nitrogen and oxygen atoms in total. The number of aliphatic hydroxyl groups is 1. The number of ketones is 1. The third-order valence-electron chi connectivity index (χ3n) is 1.46. The van der Waals surface area contributed by atoms with Crippen LogP contribution in [0.5, 0.6) is 0 Å². The minimum atomic E-state index is -0.197. The van der Waals surface area contributed by atoms with Gasteiger partial charge in [-0.1, -0.05) is 23.7 Å². The monoisotopic (exact) mass is 196 g/mol. The zero-order valence-corrected chi connectivity index (χ0v) is 7.88. The van der Waals surface area contributed by atoms with Gasteiger partial charge in [0, 0.05) is 16.7 Å². The molecule has 0 aliphatic rings. The summed E-state index contributed by atoms with van der Waals surface area (Å²) < 4.78 is 0. The Morgan fingerprint density at radius 1 is 1.54 bits per heavy atom. The Balaban J connectivity index is 3.02. The summed E-state index contributed by atoms with van der Waals surface area (Å²) >= 11 is 5.70. The van der Waals surface area contributed by atoms with Crippen molar-refractivity contribution >= 4 is 23.1 Å². The molecule has 0 heterocycles. The van der Waals surface area contributed by atoms with Crippen LogP contribution in [0.3, 0.4) is 0 Å². The Morgan fingerprint density at radius 3 is 2.77 bits per heavy atom. The van der Waals surface area contributed by atoms with Gasteiger partial charge in [0.15, 0.2) is 5.78 Å². The molecule has 1 aromatic carbocycles. The van der Waals surface area contributed by atoms with E-state index in [9.17, 15) is 9.90 Å². The number of carbonyl (C=O) groups excluding carboxylic acids is 1. The minimum Gasteiger partial charge on any atom is -0.507 e. The molecular weight excluding hydrogens is 188 g/mol. The fraction of sp³-hybridized carbons (Fsp3) is 0.100. The third-order valence-corrected chi connectivity index (χ3v) is 1.70. The Labute approximate surface area is 81.5 Å². The molecule has 13 heavy (non-hydrogen) atoms. The van der Waals surface area contributed by atoms with Crippen LogP contribution in [0.15, 0.2) is 30.3 Å². The molecule has 1 N–H and O–H groups in total. The van der Waals surface area contributed by atoms with Crippen LogP contribution >= 0.6 is 11.6 Å². The normalized spacial score (nSPS) is 11.4. The van der Waals surface area contributed by atoms with Gasteiger partial charge in [-0.05, 0) is 19.1 Å². The predicted octanol–water partition coefficient (Wildman–Crippen LogP) is 2.83. The number of hydrogen-bond acceptors (Lipinski definition) is 2. The zero-order valence-electron chi connectivity index (χ0n) is 7.12. The largest absolute Gasteiger partial charge is 0.507 e. The molecule has 0 saturated carbocycles. The van der Waals surface area contributed by atoms with Gasteiger partial charge >= 0.3 is 0 Å². The molecule has 0 aliphatic heterocycles. The number of aliphatic hydroxyl groups excluding tert-OH is 1. The lowest BCUT2D eigenvalue weighted by atomic mass is 10.1. The van der Waals surface area contributed by atoms with E-state index in [0.717, 1.165) is 6.08 Å². The van der Waals surface area contributed by atoms with E-state index < -0.39 is 0 Å². The minimum absolute atomic E-state index is 0.0602. The quantitative estimate of drug-likeness (QED) is 0.584. The summed E-state index contributed by atoms with van der Waals surface area (Å²) in [6, 6.07) is 6.69. The first-order valence-corrected chi connectivity index (χ1v) is 4.14. The molecule has 0 atom stereocenters. The van der Waals surface area contributed by atoms with Crippen molar-refractivity contribution in [2.75, 3.05) is 0 Å². The van der Waals surface area contributed by atoms with E-state index in [0.29, 0.717) is 10.6 Å². The molecular formula is C10H9ClO2. The molecule has 0 radical (unpaired) electrons. The maximum atomic E-state index is 10.6. The van der Waals surface area contributed by atoms with Crippen molar-refractivity contribution in [3.8, 4) is 0 Å². The second kappa shape index (κ2) is 4.10. The van der Waals surface area contributed by atoms with Gasteiger partial charge in [0.25, 0.3) is 0 Å². The first-order valence-electron chi connectivity index (χ1n) is 3.77. The van der Waals surface area contributed by atoms with Crippen LogP contribution in [0.2, 0.25) is 5.02 Å². The summed E-state index contributed by atoms with van der Waals surface area (Å²) in [5.74, 6) is -0.257. The van der Waals surface area contributed by atoms with Gasteiger partial charge in [-0.3, -0.25) is 4.79 Å². The van der Waals surface area contributed by atoms with Gasteiger partial charge in [-0.2, -0.15) is 0 Å². The molecule has 0 aromatic heterocycles. The van der Waals surface area contributed by atoms with E-state index in [1.54, 1.807) is 24.3 Å². The lowest BCUT2D eigenvalue weighted by Crippen LogP contribution is -1.88. The predicted molar refractivity (Wildman–Crippen MR) is 52.7 cm³/mol. The highest BCUT2D eigenvalue weighted by atomic mass is 35.5. The van der Waals surface area contributed by atoms with Crippen LogP contribution in [0.4, 0.5) is 0 Å². The Morgan fingerprint density at radius 2 is 2.23 bits per heavy atom. The number of hydrogen-bond donors (Lipinski definition) is 1. The third kappa shape index (κ3) is 2.92. The van der Waals surface area contributed by atoms with Crippen LogP contribution in [0.1, 0.15) is 12.5 Å². The highest BCUT2D eigenvalue weighted by molar-refractivity contribution is 6.30. The molecule has 68 valence electrons. The van der Waals surface area contributed by atoms with E-state index in [4.69, 9.17) is 11.6 Å². The molecule has 0 unspecified atom stereocenters. The second-order valence-electron chi connectivity index (χ2n) is 2.65. The fourth-order valence-electron chi connectivity index (χ4n) is 0.924. The van der Waals surface area contributed by atoms with Gasteiger partial charge in [0.1, 0.15) is 5.76 Å². The van der Waals surface area contributed by atoms with Crippen molar-refractivity contribution in [3.05, 3.63) is 40.9 Å². The number of benzene rings is 1. The fourth-order valence-corrected chi connectivity index (χ4v) is 1.11. The summed E-state index contributed by atoms with van der Waals surface area (Å²) in [7, 11) is 0. The maximum absolute atomic E-state index is 10.6. The van der Waals surface area contributed by atoms with Gasteiger partial charge in [0.05, 0.1) is 0 Å². The average molecular weight is 197 g/mol. The SMILES string of the molecule is CC(=O)C=C(O)c1cccc(Cl)c1. The molecule has 0 aliphatic carbocycles. The lowest BCUT2D eigenvalue weighted by Gasteiger charge is -1.99. The van der Waals surface area contributed by atoms with Crippen molar-refractivity contribution in [1.82, 2.24) is 0 Å². The first kappa shape index (κ1) is 9.81. The molecule has 0 amide bonds. The van der Waals surface area contributed by atoms with Crippen LogP contribution in [0.25, 0.3) is 5.76 Å². The zero-order chi connectivity index (χ0) is 9.84. The molecule has 0 spiro atoms. The van der Waals surface area contributed by atoms with Crippen molar-refractivity contribution in [2.45, 2.75) is 6.92 Å². The van der Waals surface area contributed by atoms with Crippen LogP contribution in [-0.2, 0) is 4.79 Å². The highest BCUT2D eigenvalue weighted by Gasteiger charge is 2.00. The lowest BCUT2D eigenvalue weighted by molar-refractivity contribution is -0.112. The van der Waals surface area contributed by atoms with Crippen LogP contribution in [0, 0.1) is 0 Å². The Kier molecular flexibility index (Phi) is 3.09. The number of allylic oxidation sites excluding steroid dienone is 1. The molecule has 0 fully saturated rings. The van der Waals surface area contributed by atoms with E-state index in [2.05, 4.69) is 0 Å².